The molecular formula is C18H24BrN3O. The second kappa shape index (κ2) is 7.21. The number of hydrogen-bond acceptors (Lipinski definition) is 2. The summed E-state index contributed by atoms with van der Waals surface area (Å²) in [5, 5.41) is 0. The molecule has 0 unspecified atom stereocenters. The first-order valence-corrected chi connectivity index (χ1v) is 8.48. The molecular weight excluding hydrogens is 354 g/mol. The van der Waals surface area contributed by atoms with Crippen molar-refractivity contribution in [3.63, 3.8) is 0 Å². The summed E-state index contributed by atoms with van der Waals surface area (Å²) in [7, 11) is 5.87. The number of amides is 1. The summed E-state index contributed by atoms with van der Waals surface area (Å²) >= 11 is 3.46. The predicted octanol–water partition coefficient (Wildman–Crippen LogP) is 4.17. The first-order valence-electron chi connectivity index (χ1n) is 7.68. The van der Waals surface area contributed by atoms with E-state index in [0.29, 0.717) is 12.2 Å². The van der Waals surface area contributed by atoms with Crippen molar-refractivity contribution in [2.75, 3.05) is 26.0 Å². The molecule has 23 heavy (non-hydrogen) atoms. The summed E-state index contributed by atoms with van der Waals surface area (Å²) in [6.45, 7) is 4.74. The minimum Gasteiger partial charge on any atom is -0.378 e. The Bertz CT molecular complexity index is 674. The number of carbonyl (C=O) groups excluding carboxylic acids is 1. The molecule has 0 radical (unpaired) electrons. The molecule has 0 aliphatic carbocycles. The molecule has 124 valence electrons. The Hall–Kier alpha value is -1.75. The Kier molecular flexibility index (Phi) is 5.52. The van der Waals surface area contributed by atoms with Crippen molar-refractivity contribution in [3.8, 4) is 0 Å². The highest BCUT2D eigenvalue weighted by molar-refractivity contribution is 9.10. The molecule has 5 heteroatoms. The summed E-state index contributed by atoms with van der Waals surface area (Å²) in [6.07, 6.45) is 1.96. The number of aromatic nitrogens is 1. The highest BCUT2D eigenvalue weighted by Gasteiger charge is 2.18. The Morgan fingerprint density at radius 1 is 1.17 bits per heavy atom. The van der Waals surface area contributed by atoms with E-state index in [0.717, 1.165) is 15.7 Å². The van der Waals surface area contributed by atoms with E-state index in [9.17, 15) is 4.79 Å². The van der Waals surface area contributed by atoms with E-state index in [-0.39, 0.29) is 11.9 Å². The third kappa shape index (κ3) is 4.16. The van der Waals surface area contributed by atoms with Gasteiger partial charge in [-0.05, 0) is 53.5 Å². The van der Waals surface area contributed by atoms with Crippen molar-refractivity contribution >= 4 is 27.5 Å². The molecule has 0 bridgehead atoms. The molecule has 0 saturated heterocycles. The fraction of sp³-hybridized carbons (Fsp3) is 0.389. The molecule has 0 aliphatic rings. The lowest BCUT2D eigenvalue weighted by atomic mass is 10.2. The van der Waals surface area contributed by atoms with E-state index in [1.54, 1.807) is 4.90 Å². The fourth-order valence-electron chi connectivity index (χ4n) is 2.48. The lowest BCUT2D eigenvalue weighted by Gasteiger charge is -2.20. The number of anilines is 1. The van der Waals surface area contributed by atoms with Crippen LogP contribution in [0.5, 0.6) is 0 Å². The Labute approximate surface area is 146 Å². The molecule has 1 amide bonds. The molecule has 1 aromatic carbocycles. The van der Waals surface area contributed by atoms with Crippen LogP contribution < -0.4 is 4.90 Å². The van der Waals surface area contributed by atoms with Crippen LogP contribution in [0.15, 0.2) is 41.0 Å². The third-order valence-electron chi connectivity index (χ3n) is 3.81. The van der Waals surface area contributed by atoms with Gasteiger partial charge in [-0.1, -0.05) is 12.1 Å². The van der Waals surface area contributed by atoms with Crippen LogP contribution in [0.2, 0.25) is 0 Å². The third-order valence-corrected chi connectivity index (χ3v) is 4.24. The average molecular weight is 378 g/mol. The molecule has 0 fully saturated rings. The van der Waals surface area contributed by atoms with Gasteiger partial charge in [0.2, 0.25) is 0 Å². The van der Waals surface area contributed by atoms with Crippen LogP contribution in [-0.4, -0.2) is 36.5 Å². The maximum Gasteiger partial charge on any atom is 0.270 e. The van der Waals surface area contributed by atoms with Gasteiger partial charge in [-0.2, -0.15) is 0 Å². The molecule has 0 spiro atoms. The van der Waals surface area contributed by atoms with Gasteiger partial charge < -0.3 is 14.4 Å². The zero-order chi connectivity index (χ0) is 17.1. The summed E-state index contributed by atoms with van der Waals surface area (Å²) in [6, 6.07) is 10.4. The Morgan fingerprint density at radius 3 is 2.30 bits per heavy atom. The molecule has 0 aliphatic heterocycles. The maximum absolute atomic E-state index is 12.7. The van der Waals surface area contributed by atoms with Crippen molar-refractivity contribution in [1.82, 2.24) is 9.47 Å². The van der Waals surface area contributed by atoms with Gasteiger partial charge in [0.1, 0.15) is 5.69 Å². The fourth-order valence-corrected chi connectivity index (χ4v) is 2.92. The van der Waals surface area contributed by atoms with Gasteiger partial charge >= 0.3 is 0 Å². The van der Waals surface area contributed by atoms with Gasteiger partial charge in [0.05, 0.1) is 0 Å². The SMILES string of the molecule is CC(C)n1cc(Br)cc1C(=O)N(C)Cc1ccc(N(C)C)cc1. The zero-order valence-corrected chi connectivity index (χ0v) is 16.0. The summed E-state index contributed by atoms with van der Waals surface area (Å²) in [4.78, 5) is 16.6. The molecule has 2 aromatic rings. The Balaban J connectivity index is 2.14. The van der Waals surface area contributed by atoms with Gasteiger partial charge in [-0.15, -0.1) is 0 Å². The van der Waals surface area contributed by atoms with Crippen molar-refractivity contribution < 1.29 is 4.79 Å². The molecule has 0 saturated carbocycles. The van der Waals surface area contributed by atoms with Crippen LogP contribution >= 0.6 is 15.9 Å². The van der Waals surface area contributed by atoms with Crippen molar-refractivity contribution in [3.05, 3.63) is 52.3 Å². The summed E-state index contributed by atoms with van der Waals surface area (Å²) in [5.74, 6) is 0.0288. The monoisotopic (exact) mass is 377 g/mol. The maximum atomic E-state index is 12.7. The van der Waals surface area contributed by atoms with Gasteiger partial charge in [0, 0.05) is 50.1 Å². The van der Waals surface area contributed by atoms with Crippen molar-refractivity contribution in [2.24, 2.45) is 0 Å². The van der Waals surface area contributed by atoms with Gasteiger partial charge in [0.15, 0.2) is 0 Å². The number of rotatable bonds is 5. The number of halogens is 1. The van der Waals surface area contributed by atoms with Crippen LogP contribution in [0.3, 0.4) is 0 Å². The van der Waals surface area contributed by atoms with Crippen LogP contribution in [0, 0.1) is 0 Å². The van der Waals surface area contributed by atoms with Crippen LogP contribution in [0.25, 0.3) is 0 Å². The normalized spacial score (nSPS) is 10.9. The molecule has 0 atom stereocenters. The highest BCUT2D eigenvalue weighted by atomic mass is 79.9. The van der Waals surface area contributed by atoms with Gasteiger partial charge in [-0.25, -0.2) is 0 Å². The largest absolute Gasteiger partial charge is 0.378 e. The zero-order valence-electron chi connectivity index (χ0n) is 14.4. The lowest BCUT2D eigenvalue weighted by Crippen LogP contribution is -2.28. The van der Waals surface area contributed by atoms with E-state index in [1.165, 1.54) is 0 Å². The highest BCUT2D eigenvalue weighted by Crippen LogP contribution is 2.21. The van der Waals surface area contributed by atoms with Crippen LogP contribution in [0.1, 0.15) is 35.9 Å². The first-order chi connectivity index (χ1) is 10.8. The summed E-state index contributed by atoms with van der Waals surface area (Å²) in [5.41, 5.74) is 2.98. The quantitative estimate of drug-likeness (QED) is 0.781. The Morgan fingerprint density at radius 2 is 1.78 bits per heavy atom. The van der Waals surface area contributed by atoms with E-state index < -0.39 is 0 Å². The van der Waals surface area contributed by atoms with E-state index in [1.807, 2.05) is 38.0 Å². The van der Waals surface area contributed by atoms with Crippen LogP contribution in [-0.2, 0) is 6.54 Å². The summed E-state index contributed by atoms with van der Waals surface area (Å²) < 4.78 is 2.93. The minimum absolute atomic E-state index is 0.0288. The predicted molar refractivity (Wildman–Crippen MR) is 99.1 cm³/mol. The first kappa shape index (κ1) is 17.6. The van der Waals surface area contributed by atoms with E-state index in [4.69, 9.17) is 0 Å². The van der Waals surface area contributed by atoms with E-state index in [2.05, 4.69) is 58.9 Å². The molecule has 0 N–H and O–H groups in total. The number of hydrogen-bond donors (Lipinski definition) is 0. The molecule has 1 aromatic heterocycles. The van der Waals surface area contributed by atoms with Gasteiger partial charge in [-0.3, -0.25) is 4.79 Å². The van der Waals surface area contributed by atoms with Crippen molar-refractivity contribution in [2.45, 2.75) is 26.4 Å². The number of benzene rings is 1. The topological polar surface area (TPSA) is 28.5 Å². The lowest BCUT2D eigenvalue weighted by molar-refractivity contribution is 0.0772. The molecule has 2 rings (SSSR count). The van der Waals surface area contributed by atoms with E-state index >= 15 is 0 Å². The second-order valence-electron chi connectivity index (χ2n) is 6.27. The standard InChI is InChI=1S/C18H24BrN3O/c1-13(2)22-12-15(19)10-17(22)18(23)21(5)11-14-6-8-16(9-7-14)20(3)4/h6-10,12-13H,11H2,1-5H3. The minimum atomic E-state index is 0.0288. The average Bonchev–Trinajstić information content (AvgIpc) is 2.89. The van der Waals surface area contributed by atoms with Crippen LogP contribution in [0.4, 0.5) is 5.69 Å². The number of carbonyl (C=O) groups is 1. The van der Waals surface area contributed by atoms with Crippen molar-refractivity contribution in [1.29, 1.82) is 0 Å². The molecule has 1 heterocycles. The molecule has 4 nitrogen and oxygen atoms in total. The smallest absolute Gasteiger partial charge is 0.270 e. The second-order valence-corrected chi connectivity index (χ2v) is 7.18. The number of nitrogens with zero attached hydrogens (tertiary/aromatic N) is 3. The van der Waals surface area contributed by atoms with Gasteiger partial charge in [0.25, 0.3) is 5.91 Å².